The second-order valence-electron chi connectivity index (χ2n) is 5.55. The molecular formula is C13H26N2O. The van der Waals surface area contributed by atoms with E-state index in [-0.39, 0.29) is 12.1 Å². The van der Waals surface area contributed by atoms with Gasteiger partial charge in [0.15, 0.2) is 0 Å². The average molecular weight is 226 g/mol. The van der Waals surface area contributed by atoms with Crippen LogP contribution in [-0.4, -0.2) is 48.3 Å². The van der Waals surface area contributed by atoms with E-state index in [0.717, 1.165) is 19.0 Å². The number of nitrogens with zero attached hydrogens (tertiary/aromatic N) is 1. The van der Waals surface area contributed by atoms with Gasteiger partial charge in [0.2, 0.25) is 0 Å². The summed E-state index contributed by atoms with van der Waals surface area (Å²) in [6.07, 6.45) is 9.28. The summed E-state index contributed by atoms with van der Waals surface area (Å²) in [4.78, 5) is 2.62. The molecule has 0 aromatic rings. The number of rotatable bonds is 3. The van der Waals surface area contributed by atoms with Crippen molar-refractivity contribution in [2.45, 2.75) is 56.5 Å². The van der Waals surface area contributed by atoms with Crippen LogP contribution in [0.15, 0.2) is 0 Å². The highest BCUT2D eigenvalue weighted by Gasteiger charge is 2.36. The normalized spacial score (nSPS) is 34.1. The number of aliphatic hydroxyl groups is 1. The zero-order chi connectivity index (χ0) is 11.4. The van der Waals surface area contributed by atoms with E-state index in [1.807, 2.05) is 7.05 Å². The summed E-state index contributed by atoms with van der Waals surface area (Å²) in [6, 6.07) is 0.785. The summed E-state index contributed by atoms with van der Waals surface area (Å²) >= 11 is 0. The van der Waals surface area contributed by atoms with E-state index in [2.05, 4.69) is 10.2 Å². The van der Waals surface area contributed by atoms with Crippen molar-refractivity contribution in [3.05, 3.63) is 0 Å². The Morgan fingerprint density at radius 1 is 1.25 bits per heavy atom. The van der Waals surface area contributed by atoms with Gasteiger partial charge in [0.1, 0.15) is 0 Å². The number of hydrogen-bond acceptors (Lipinski definition) is 3. The highest BCUT2D eigenvalue weighted by atomic mass is 16.3. The van der Waals surface area contributed by atoms with E-state index in [9.17, 15) is 5.11 Å². The predicted molar refractivity (Wildman–Crippen MR) is 66.6 cm³/mol. The Balaban J connectivity index is 1.94. The molecular weight excluding hydrogens is 200 g/mol. The maximum absolute atomic E-state index is 9.57. The van der Waals surface area contributed by atoms with Crippen LogP contribution in [0.25, 0.3) is 0 Å². The molecule has 0 aromatic carbocycles. The molecule has 1 aliphatic carbocycles. The third kappa shape index (κ3) is 2.58. The molecule has 1 unspecified atom stereocenters. The molecule has 1 saturated carbocycles. The first-order chi connectivity index (χ1) is 7.79. The van der Waals surface area contributed by atoms with E-state index < -0.39 is 0 Å². The van der Waals surface area contributed by atoms with Crippen LogP contribution in [0, 0.1) is 0 Å². The number of hydrogen-bond donors (Lipinski definition) is 2. The summed E-state index contributed by atoms with van der Waals surface area (Å²) in [7, 11) is 1.99. The third-order valence-corrected chi connectivity index (χ3v) is 4.53. The van der Waals surface area contributed by atoms with Crippen LogP contribution in [0.1, 0.15) is 44.9 Å². The molecule has 3 heteroatoms. The molecule has 1 saturated heterocycles. The molecule has 0 spiro atoms. The predicted octanol–water partition coefficient (Wildman–Crippen LogP) is 1.37. The van der Waals surface area contributed by atoms with E-state index in [4.69, 9.17) is 0 Å². The van der Waals surface area contributed by atoms with Gasteiger partial charge < -0.3 is 10.4 Å². The van der Waals surface area contributed by atoms with Gasteiger partial charge in [-0.15, -0.1) is 0 Å². The minimum absolute atomic E-state index is 0.0320. The minimum Gasteiger partial charge on any atom is -0.394 e. The van der Waals surface area contributed by atoms with E-state index in [0.29, 0.717) is 0 Å². The molecule has 0 amide bonds. The number of aliphatic hydroxyl groups excluding tert-OH is 1. The van der Waals surface area contributed by atoms with Crippen molar-refractivity contribution in [3.63, 3.8) is 0 Å². The third-order valence-electron chi connectivity index (χ3n) is 4.53. The molecule has 2 N–H and O–H groups in total. The largest absolute Gasteiger partial charge is 0.394 e. The first kappa shape index (κ1) is 12.3. The second kappa shape index (κ2) is 5.48. The summed E-state index contributed by atoms with van der Waals surface area (Å²) in [5, 5.41) is 12.9. The number of likely N-dealkylation sites (tertiary alicyclic amines) is 1. The van der Waals surface area contributed by atoms with Crippen LogP contribution >= 0.6 is 0 Å². The smallest absolute Gasteiger partial charge is 0.0625 e. The fourth-order valence-corrected chi connectivity index (χ4v) is 3.34. The monoisotopic (exact) mass is 226 g/mol. The Bertz CT molecular complexity index is 210. The van der Waals surface area contributed by atoms with Gasteiger partial charge in [-0.2, -0.15) is 0 Å². The molecule has 3 nitrogen and oxygen atoms in total. The van der Waals surface area contributed by atoms with Crippen LogP contribution in [-0.2, 0) is 0 Å². The molecule has 16 heavy (non-hydrogen) atoms. The van der Waals surface area contributed by atoms with Gasteiger partial charge in [0.25, 0.3) is 0 Å². The van der Waals surface area contributed by atoms with Crippen LogP contribution in [0.5, 0.6) is 0 Å². The Morgan fingerprint density at radius 3 is 2.62 bits per heavy atom. The molecule has 2 fully saturated rings. The lowest BCUT2D eigenvalue weighted by molar-refractivity contribution is 0.0382. The van der Waals surface area contributed by atoms with Crippen molar-refractivity contribution < 1.29 is 5.11 Å². The van der Waals surface area contributed by atoms with Crippen molar-refractivity contribution in [2.24, 2.45) is 0 Å². The lowest BCUT2D eigenvalue weighted by atomic mass is 9.86. The zero-order valence-electron chi connectivity index (χ0n) is 10.5. The van der Waals surface area contributed by atoms with Gasteiger partial charge in [-0.3, -0.25) is 4.90 Å². The number of likely N-dealkylation sites (N-methyl/N-ethyl adjacent to an activating group) is 1. The highest BCUT2D eigenvalue weighted by molar-refractivity contribution is 4.95. The Labute approximate surface area is 99.2 Å². The number of piperidine rings is 1. The Morgan fingerprint density at radius 2 is 2.00 bits per heavy atom. The van der Waals surface area contributed by atoms with Crippen molar-refractivity contribution in [1.82, 2.24) is 10.2 Å². The minimum atomic E-state index is -0.0320. The van der Waals surface area contributed by atoms with Gasteiger partial charge in [-0.05, 0) is 39.3 Å². The zero-order valence-corrected chi connectivity index (χ0v) is 10.5. The van der Waals surface area contributed by atoms with Gasteiger partial charge >= 0.3 is 0 Å². The summed E-state index contributed by atoms with van der Waals surface area (Å²) in [5.74, 6) is 0. The molecule has 0 radical (unpaired) electrons. The van der Waals surface area contributed by atoms with Gasteiger partial charge in [-0.25, -0.2) is 0 Å². The van der Waals surface area contributed by atoms with Crippen LogP contribution < -0.4 is 5.32 Å². The van der Waals surface area contributed by atoms with Crippen molar-refractivity contribution in [1.29, 1.82) is 0 Å². The molecule has 1 aliphatic heterocycles. The summed E-state index contributed by atoms with van der Waals surface area (Å²) < 4.78 is 0. The average Bonchev–Trinajstić information content (AvgIpc) is 2.40. The topological polar surface area (TPSA) is 35.5 Å². The molecule has 1 atom stereocenters. The molecule has 0 bridgehead atoms. The Hall–Kier alpha value is -0.120. The van der Waals surface area contributed by atoms with Crippen molar-refractivity contribution in [3.8, 4) is 0 Å². The standard InChI is InChI=1S/C13H26N2O/c1-14-13(11-16)8-5-9-15(10-13)12-6-3-2-4-7-12/h12,14,16H,2-11H2,1H3. The van der Waals surface area contributed by atoms with Gasteiger partial charge in [0.05, 0.1) is 12.1 Å². The first-order valence-electron chi connectivity index (χ1n) is 6.83. The maximum atomic E-state index is 9.57. The Kier molecular flexibility index (Phi) is 4.22. The van der Waals surface area contributed by atoms with Crippen LogP contribution in [0.2, 0.25) is 0 Å². The van der Waals surface area contributed by atoms with Gasteiger partial charge in [-0.1, -0.05) is 19.3 Å². The molecule has 1 heterocycles. The molecule has 94 valence electrons. The van der Waals surface area contributed by atoms with Crippen molar-refractivity contribution in [2.75, 3.05) is 26.7 Å². The summed E-state index contributed by atoms with van der Waals surface area (Å²) in [6.45, 7) is 2.53. The van der Waals surface area contributed by atoms with E-state index >= 15 is 0 Å². The lowest BCUT2D eigenvalue weighted by Gasteiger charge is -2.45. The summed E-state index contributed by atoms with van der Waals surface area (Å²) in [5.41, 5.74) is -0.0320. The van der Waals surface area contributed by atoms with Crippen molar-refractivity contribution >= 4 is 0 Å². The SMILES string of the molecule is CNC1(CO)CCCN(C2CCCCC2)C1. The molecule has 0 aromatic heterocycles. The molecule has 2 rings (SSSR count). The van der Waals surface area contributed by atoms with Crippen LogP contribution in [0.3, 0.4) is 0 Å². The van der Waals surface area contributed by atoms with Crippen LogP contribution in [0.4, 0.5) is 0 Å². The second-order valence-corrected chi connectivity index (χ2v) is 5.55. The fourth-order valence-electron chi connectivity index (χ4n) is 3.34. The fraction of sp³-hybridized carbons (Fsp3) is 1.00. The maximum Gasteiger partial charge on any atom is 0.0625 e. The first-order valence-corrected chi connectivity index (χ1v) is 6.83. The quantitative estimate of drug-likeness (QED) is 0.763. The number of nitrogens with one attached hydrogen (secondary N) is 1. The molecule has 2 aliphatic rings. The highest BCUT2D eigenvalue weighted by Crippen LogP contribution is 2.28. The lowest BCUT2D eigenvalue weighted by Crippen LogP contribution is -2.60. The van der Waals surface area contributed by atoms with Gasteiger partial charge in [0, 0.05) is 12.6 Å². The van der Waals surface area contributed by atoms with E-state index in [1.54, 1.807) is 0 Å². The van der Waals surface area contributed by atoms with E-state index in [1.165, 1.54) is 45.1 Å².